The van der Waals surface area contributed by atoms with Gasteiger partial charge in [0, 0.05) is 44.3 Å². The predicted octanol–water partition coefficient (Wildman–Crippen LogP) is 1.82. The van der Waals surface area contributed by atoms with E-state index in [0.717, 1.165) is 52.1 Å². The number of hydrogen-bond donors (Lipinski definition) is 2. The summed E-state index contributed by atoms with van der Waals surface area (Å²) in [7, 11) is 0. The van der Waals surface area contributed by atoms with E-state index in [4.69, 9.17) is 10.5 Å². The second-order valence-electron chi connectivity index (χ2n) is 6.16. The standard InChI is InChI=1S/C16H25N3O2S.2ClH/c17-15(12-2-8-21-9-3-12)16(20)18-5-7-19-6-1-14-13(11-19)4-10-22-14;;/h4,10,12,15H,1-3,5-9,11,17H2,(H,18,20);2*1H. The second-order valence-corrected chi connectivity index (χ2v) is 7.16. The lowest BCUT2D eigenvalue weighted by molar-refractivity contribution is -0.124. The smallest absolute Gasteiger partial charge is 0.237 e. The maximum atomic E-state index is 12.1. The van der Waals surface area contributed by atoms with E-state index in [2.05, 4.69) is 21.7 Å². The van der Waals surface area contributed by atoms with Crippen LogP contribution in [0.3, 0.4) is 0 Å². The van der Waals surface area contributed by atoms with Crippen molar-refractivity contribution in [3.05, 3.63) is 21.9 Å². The molecule has 3 heterocycles. The van der Waals surface area contributed by atoms with Gasteiger partial charge in [-0.25, -0.2) is 0 Å². The van der Waals surface area contributed by atoms with Gasteiger partial charge < -0.3 is 15.8 Å². The van der Waals surface area contributed by atoms with Gasteiger partial charge in [0.2, 0.25) is 5.91 Å². The van der Waals surface area contributed by atoms with Crippen molar-refractivity contribution in [2.24, 2.45) is 11.7 Å². The molecule has 5 nitrogen and oxygen atoms in total. The van der Waals surface area contributed by atoms with E-state index in [-0.39, 0.29) is 36.6 Å². The predicted molar refractivity (Wildman–Crippen MR) is 102 cm³/mol. The Balaban J connectivity index is 0.00000144. The molecule has 24 heavy (non-hydrogen) atoms. The highest BCUT2D eigenvalue weighted by atomic mass is 35.5. The fourth-order valence-corrected chi connectivity index (χ4v) is 4.13. The van der Waals surface area contributed by atoms with Gasteiger partial charge in [-0.05, 0) is 42.2 Å². The average molecular weight is 396 g/mol. The average Bonchev–Trinajstić information content (AvgIpc) is 3.02. The number of thiophene rings is 1. The number of ether oxygens (including phenoxy) is 1. The van der Waals surface area contributed by atoms with Crippen LogP contribution in [-0.2, 0) is 22.5 Å². The molecule has 1 aromatic rings. The zero-order chi connectivity index (χ0) is 15.4. The second kappa shape index (κ2) is 10.6. The molecule has 0 saturated carbocycles. The quantitative estimate of drug-likeness (QED) is 0.797. The van der Waals surface area contributed by atoms with Crippen LogP contribution in [-0.4, -0.2) is 49.7 Å². The Bertz CT molecular complexity index is 509. The molecule has 138 valence electrons. The SMILES string of the molecule is Cl.Cl.NC(C(=O)NCCN1CCc2sccc2C1)C1CCOCC1. The minimum Gasteiger partial charge on any atom is -0.381 e. The van der Waals surface area contributed by atoms with Crippen molar-refractivity contribution >= 4 is 42.1 Å². The van der Waals surface area contributed by atoms with Crippen LogP contribution in [0.25, 0.3) is 0 Å². The molecule has 8 heteroatoms. The van der Waals surface area contributed by atoms with Crippen LogP contribution in [0.5, 0.6) is 0 Å². The van der Waals surface area contributed by atoms with Crippen molar-refractivity contribution < 1.29 is 9.53 Å². The first-order chi connectivity index (χ1) is 10.7. The van der Waals surface area contributed by atoms with Gasteiger partial charge in [0.1, 0.15) is 0 Å². The van der Waals surface area contributed by atoms with Crippen LogP contribution >= 0.6 is 36.2 Å². The maximum Gasteiger partial charge on any atom is 0.237 e. The molecule has 0 spiro atoms. The maximum absolute atomic E-state index is 12.1. The molecule has 1 fully saturated rings. The zero-order valence-electron chi connectivity index (χ0n) is 13.7. The summed E-state index contributed by atoms with van der Waals surface area (Å²) in [6.45, 7) is 5.09. The van der Waals surface area contributed by atoms with Gasteiger partial charge in [-0.1, -0.05) is 0 Å². The van der Waals surface area contributed by atoms with Gasteiger partial charge in [-0.2, -0.15) is 0 Å². The van der Waals surface area contributed by atoms with E-state index in [1.165, 1.54) is 10.4 Å². The summed E-state index contributed by atoms with van der Waals surface area (Å²) >= 11 is 1.85. The lowest BCUT2D eigenvalue weighted by Crippen LogP contribution is -2.48. The van der Waals surface area contributed by atoms with Gasteiger partial charge in [-0.15, -0.1) is 36.2 Å². The number of hydrogen-bond acceptors (Lipinski definition) is 5. The number of rotatable bonds is 5. The number of amides is 1. The van der Waals surface area contributed by atoms with Crippen molar-refractivity contribution in [3.8, 4) is 0 Å². The third kappa shape index (κ3) is 5.58. The molecule has 1 aromatic heterocycles. The fraction of sp³-hybridized carbons (Fsp3) is 0.688. The summed E-state index contributed by atoms with van der Waals surface area (Å²) in [5.41, 5.74) is 7.53. The minimum atomic E-state index is -0.395. The monoisotopic (exact) mass is 395 g/mol. The molecule has 3 N–H and O–H groups in total. The largest absolute Gasteiger partial charge is 0.381 e. The molecule has 2 aliphatic heterocycles. The molecular formula is C16H27Cl2N3O2S. The van der Waals surface area contributed by atoms with E-state index < -0.39 is 6.04 Å². The Labute approximate surface area is 160 Å². The number of carbonyl (C=O) groups excluding carboxylic acids is 1. The highest BCUT2D eigenvalue weighted by molar-refractivity contribution is 7.10. The summed E-state index contributed by atoms with van der Waals surface area (Å²) in [6.07, 6.45) is 2.91. The van der Waals surface area contributed by atoms with Crippen molar-refractivity contribution in [3.63, 3.8) is 0 Å². The Morgan fingerprint density at radius 2 is 2.17 bits per heavy atom. The lowest BCUT2D eigenvalue weighted by atomic mass is 9.92. The molecule has 0 bridgehead atoms. The highest BCUT2D eigenvalue weighted by Crippen LogP contribution is 2.23. The number of halogens is 2. The van der Waals surface area contributed by atoms with Crippen LogP contribution in [0.4, 0.5) is 0 Å². The number of nitrogens with two attached hydrogens (primary N) is 1. The Morgan fingerprint density at radius 3 is 2.92 bits per heavy atom. The van der Waals surface area contributed by atoms with Crippen LogP contribution < -0.4 is 11.1 Å². The summed E-state index contributed by atoms with van der Waals surface area (Å²) in [4.78, 5) is 16.1. The van der Waals surface area contributed by atoms with Crippen LogP contribution in [0.15, 0.2) is 11.4 Å². The molecule has 1 unspecified atom stereocenters. The zero-order valence-corrected chi connectivity index (χ0v) is 16.2. The first-order valence-corrected chi connectivity index (χ1v) is 9.00. The van der Waals surface area contributed by atoms with Gasteiger partial charge in [0.15, 0.2) is 0 Å². The van der Waals surface area contributed by atoms with Gasteiger partial charge in [-0.3, -0.25) is 9.69 Å². The van der Waals surface area contributed by atoms with E-state index >= 15 is 0 Å². The molecule has 0 aromatic carbocycles. The van der Waals surface area contributed by atoms with Crippen molar-refractivity contribution in [2.75, 3.05) is 32.8 Å². The van der Waals surface area contributed by atoms with Crippen LogP contribution in [0, 0.1) is 5.92 Å². The Kier molecular flexibility index (Phi) is 9.56. The topological polar surface area (TPSA) is 67.6 Å². The summed E-state index contributed by atoms with van der Waals surface area (Å²) in [5, 5.41) is 5.17. The fourth-order valence-electron chi connectivity index (χ4n) is 3.24. The summed E-state index contributed by atoms with van der Waals surface area (Å²) < 4.78 is 5.32. The summed E-state index contributed by atoms with van der Waals surface area (Å²) in [5.74, 6) is 0.247. The first-order valence-electron chi connectivity index (χ1n) is 8.12. The molecule has 1 atom stereocenters. The number of fused-ring (bicyclic) bond motifs is 1. The van der Waals surface area contributed by atoms with E-state index in [1.54, 1.807) is 0 Å². The number of nitrogens with zero attached hydrogens (tertiary/aromatic N) is 1. The van der Waals surface area contributed by atoms with Gasteiger partial charge >= 0.3 is 0 Å². The molecule has 1 saturated heterocycles. The molecule has 2 aliphatic rings. The molecule has 0 aliphatic carbocycles. The number of carbonyl (C=O) groups is 1. The Morgan fingerprint density at radius 1 is 1.42 bits per heavy atom. The Hall–Kier alpha value is -0.370. The lowest BCUT2D eigenvalue weighted by Gasteiger charge is -2.28. The number of nitrogens with one attached hydrogen (secondary N) is 1. The van der Waals surface area contributed by atoms with E-state index in [9.17, 15) is 4.79 Å². The third-order valence-corrected chi connectivity index (χ3v) is 5.71. The van der Waals surface area contributed by atoms with E-state index in [0.29, 0.717) is 6.54 Å². The molecule has 3 rings (SSSR count). The molecular weight excluding hydrogens is 369 g/mol. The van der Waals surface area contributed by atoms with Crippen molar-refractivity contribution in [2.45, 2.75) is 31.8 Å². The molecule has 1 amide bonds. The first kappa shape index (κ1) is 21.7. The van der Waals surface area contributed by atoms with Gasteiger partial charge in [0.05, 0.1) is 6.04 Å². The van der Waals surface area contributed by atoms with Crippen LogP contribution in [0.1, 0.15) is 23.3 Å². The van der Waals surface area contributed by atoms with Crippen molar-refractivity contribution in [1.82, 2.24) is 10.2 Å². The highest BCUT2D eigenvalue weighted by Gasteiger charge is 2.26. The molecule has 0 radical (unpaired) electrons. The van der Waals surface area contributed by atoms with Crippen LogP contribution in [0.2, 0.25) is 0 Å². The normalized spacial score (nSPS) is 19.5. The van der Waals surface area contributed by atoms with Crippen molar-refractivity contribution in [1.29, 1.82) is 0 Å². The third-order valence-electron chi connectivity index (χ3n) is 4.69. The summed E-state index contributed by atoms with van der Waals surface area (Å²) in [6, 6.07) is 1.82. The van der Waals surface area contributed by atoms with Gasteiger partial charge in [0.25, 0.3) is 0 Å². The minimum absolute atomic E-state index is 0. The van der Waals surface area contributed by atoms with E-state index in [1.807, 2.05) is 11.3 Å².